The number of likely N-dealkylation sites (N-methyl/N-ethyl adjacent to an activating group) is 1. The van der Waals surface area contributed by atoms with Crippen molar-refractivity contribution in [2.24, 2.45) is 0 Å². The van der Waals surface area contributed by atoms with Crippen LogP contribution in [0.25, 0.3) is 0 Å². The molecule has 2 aromatic rings. The second kappa shape index (κ2) is 7.12. The average molecular weight is 297 g/mol. The molecule has 2 aromatic carbocycles. The van der Waals surface area contributed by atoms with Gasteiger partial charge >= 0.3 is 0 Å². The number of nitrogens with zero attached hydrogens (tertiary/aromatic N) is 1. The predicted molar refractivity (Wildman–Crippen MR) is 89.6 cm³/mol. The summed E-state index contributed by atoms with van der Waals surface area (Å²) in [6.07, 6.45) is 0. The van der Waals surface area contributed by atoms with E-state index in [1.165, 1.54) is 0 Å². The van der Waals surface area contributed by atoms with E-state index in [2.05, 4.69) is 6.07 Å². The Bertz CT molecular complexity index is 644. The molecule has 0 saturated heterocycles. The van der Waals surface area contributed by atoms with E-state index in [0.29, 0.717) is 13.2 Å². The molecule has 0 saturated carbocycles. The van der Waals surface area contributed by atoms with E-state index in [-0.39, 0.29) is 5.91 Å². The molecule has 3 heteroatoms. The highest BCUT2D eigenvalue weighted by Crippen LogP contribution is 2.16. The Balaban J connectivity index is 1.93. The fraction of sp³-hybridized carbons (Fsp3) is 0.316. The zero-order chi connectivity index (χ0) is 16.1. The molecule has 0 aliphatic heterocycles. The number of aryl methyl sites for hydroxylation is 3. The summed E-state index contributed by atoms with van der Waals surface area (Å²) < 4.78 is 5.75. The molecule has 0 aromatic heterocycles. The molecule has 2 rings (SSSR count). The number of carbonyl (C=O) groups is 1. The van der Waals surface area contributed by atoms with E-state index in [9.17, 15) is 4.79 Å². The normalized spacial score (nSPS) is 10.4. The van der Waals surface area contributed by atoms with Crippen LogP contribution in [0.4, 0.5) is 0 Å². The zero-order valence-electron chi connectivity index (χ0n) is 13.7. The first-order valence-corrected chi connectivity index (χ1v) is 7.49. The van der Waals surface area contributed by atoms with Gasteiger partial charge in [0.1, 0.15) is 12.4 Å². The van der Waals surface area contributed by atoms with Gasteiger partial charge in [-0.25, -0.2) is 0 Å². The molecule has 3 nitrogen and oxygen atoms in total. The Kier molecular flexibility index (Phi) is 5.21. The van der Waals surface area contributed by atoms with Gasteiger partial charge in [0.15, 0.2) is 0 Å². The monoisotopic (exact) mass is 297 g/mol. The van der Waals surface area contributed by atoms with Crippen molar-refractivity contribution in [3.8, 4) is 5.75 Å². The van der Waals surface area contributed by atoms with E-state index in [1.807, 2.05) is 57.2 Å². The Morgan fingerprint density at radius 3 is 2.32 bits per heavy atom. The van der Waals surface area contributed by atoms with E-state index in [1.54, 1.807) is 11.9 Å². The molecule has 0 unspecified atom stereocenters. The number of para-hydroxylation sites is 1. The van der Waals surface area contributed by atoms with Gasteiger partial charge in [-0.05, 0) is 44.5 Å². The van der Waals surface area contributed by atoms with Gasteiger partial charge in [0, 0.05) is 12.6 Å². The molecular formula is C19H23NO2. The summed E-state index contributed by atoms with van der Waals surface area (Å²) in [6, 6.07) is 13.8. The lowest BCUT2D eigenvalue weighted by Crippen LogP contribution is -2.31. The van der Waals surface area contributed by atoms with Crippen molar-refractivity contribution in [2.45, 2.75) is 20.8 Å². The average Bonchev–Trinajstić information content (AvgIpc) is 2.47. The molecule has 0 spiro atoms. The van der Waals surface area contributed by atoms with Crippen LogP contribution in [-0.4, -0.2) is 31.0 Å². The van der Waals surface area contributed by atoms with E-state index >= 15 is 0 Å². The van der Waals surface area contributed by atoms with Crippen molar-refractivity contribution in [2.75, 3.05) is 20.2 Å². The van der Waals surface area contributed by atoms with Crippen molar-refractivity contribution in [1.29, 1.82) is 0 Å². The SMILES string of the molecule is Cc1cc(C)cc(C(=O)N(C)CCOc2ccccc2C)c1. The number of rotatable bonds is 5. The number of ether oxygens (including phenoxy) is 1. The van der Waals surface area contributed by atoms with Crippen molar-refractivity contribution in [3.05, 3.63) is 64.7 Å². The fourth-order valence-corrected chi connectivity index (χ4v) is 2.43. The summed E-state index contributed by atoms with van der Waals surface area (Å²) >= 11 is 0. The third-order valence-corrected chi connectivity index (χ3v) is 3.59. The summed E-state index contributed by atoms with van der Waals surface area (Å²) in [7, 11) is 1.81. The standard InChI is InChI=1S/C19H23NO2/c1-14-11-15(2)13-17(12-14)19(21)20(4)9-10-22-18-8-6-5-7-16(18)3/h5-8,11-13H,9-10H2,1-4H3. The van der Waals surface area contributed by atoms with Crippen LogP contribution >= 0.6 is 0 Å². The molecule has 0 aliphatic carbocycles. The Hall–Kier alpha value is -2.29. The van der Waals surface area contributed by atoms with E-state index in [0.717, 1.165) is 28.0 Å². The largest absolute Gasteiger partial charge is 0.491 e. The molecule has 0 aliphatic rings. The second-order valence-corrected chi connectivity index (χ2v) is 5.72. The first-order valence-electron chi connectivity index (χ1n) is 7.49. The van der Waals surface area contributed by atoms with Gasteiger partial charge in [-0.2, -0.15) is 0 Å². The van der Waals surface area contributed by atoms with E-state index in [4.69, 9.17) is 4.74 Å². The minimum atomic E-state index is 0.0279. The van der Waals surface area contributed by atoms with Crippen LogP contribution in [0.2, 0.25) is 0 Å². The maximum atomic E-state index is 12.4. The lowest BCUT2D eigenvalue weighted by atomic mass is 10.1. The minimum absolute atomic E-state index is 0.0279. The molecule has 0 fully saturated rings. The van der Waals surface area contributed by atoms with Crippen molar-refractivity contribution in [3.63, 3.8) is 0 Å². The molecule has 0 bridgehead atoms. The summed E-state index contributed by atoms with van der Waals surface area (Å²) in [5.41, 5.74) is 4.04. The Morgan fingerprint density at radius 1 is 1.05 bits per heavy atom. The summed E-state index contributed by atoms with van der Waals surface area (Å²) in [5, 5.41) is 0. The number of carbonyl (C=O) groups excluding carboxylic acids is 1. The minimum Gasteiger partial charge on any atom is -0.491 e. The third kappa shape index (κ3) is 4.10. The lowest BCUT2D eigenvalue weighted by molar-refractivity contribution is 0.0773. The van der Waals surface area contributed by atoms with Crippen LogP contribution in [-0.2, 0) is 0 Å². The van der Waals surface area contributed by atoms with Gasteiger partial charge in [0.05, 0.1) is 6.54 Å². The molecule has 0 heterocycles. The third-order valence-electron chi connectivity index (χ3n) is 3.59. The van der Waals surface area contributed by atoms with Gasteiger partial charge in [-0.15, -0.1) is 0 Å². The first kappa shape index (κ1) is 16.1. The van der Waals surface area contributed by atoms with Crippen LogP contribution in [0.15, 0.2) is 42.5 Å². The molecule has 0 radical (unpaired) electrons. The molecular weight excluding hydrogens is 274 g/mol. The quantitative estimate of drug-likeness (QED) is 0.841. The smallest absolute Gasteiger partial charge is 0.253 e. The maximum absolute atomic E-state index is 12.4. The molecule has 0 N–H and O–H groups in total. The molecule has 22 heavy (non-hydrogen) atoms. The topological polar surface area (TPSA) is 29.5 Å². The Labute approximate surface area is 132 Å². The Morgan fingerprint density at radius 2 is 1.68 bits per heavy atom. The van der Waals surface area contributed by atoms with Crippen LogP contribution in [0.1, 0.15) is 27.0 Å². The van der Waals surface area contributed by atoms with Crippen LogP contribution in [0, 0.1) is 20.8 Å². The number of amides is 1. The maximum Gasteiger partial charge on any atom is 0.253 e. The zero-order valence-corrected chi connectivity index (χ0v) is 13.7. The predicted octanol–water partition coefficient (Wildman–Crippen LogP) is 3.76. The highest BCUT2D eigenvalue weighted by Gasteiger charge is 2.12. The lowest BCUT2D eigenvalue weighted by Gasteiger charge is -2.18. The summed E-state index contributed by atoms with van der Waals surface area (Å²) in [4.78, 5) is 14.1. The van der Waals surface area contributed by atoms with Crippen molar-refractivity contribution < 1.29 is 9.53 Å². The first-order chi connectivity index (χ1) is 10.5. The van der Waals surface area contributed by atoms with E-state index < -0.39 is 0 Å². The fourth-order valence-electron chi connectivity index (χ4n) is 2.43. The number of hydrogen-bond acceptors (Lipinski definition) is 2. The van der Waals surface area contributed by atoms with Gasteiger partial charge in [0.2, 0.25) is 0 Å². The summed E-state index contributed by atoms with van der Waals surface area (Å²) in [5.74, 6) is 0.898. The van der Waals surface area contributed by atoms with Crippen molar-refractivity contribution in [1.82, 2.24) is 4.90 Å². The highest BCUT2D eigenvalue weighted by molar-refractivity contribution is 5.94. The van der Waals surface area contributed by atoms with Crippen LogP contribution in [0.3, 0.4) is 0 Å². The van der Waals surface area contributed by atoms with Gasteiger partial charge in [-0.1, -0.05) is 35.4 Å². The van der Waals surface area contributed by atoms with Crippen LogP contribution < -0.4 is 4.74 Å². The highest BCUT2D eigenvalue weighted by atomic mass is 16.5. The van der Waals surface area contributed by atoms with Gasteiger partial charge in [0.25, 0.3) is 5.91 Å². The van der Waals surface area contributed by atoms with Crippen molar-refractivity contribution >= 4 is 5.91 Å². The molecule has 116 valence electrons. The number of hydrogen-bond donors (Lipinski definition) is 0. The second-order valence-electron chi connectivity index (χ2n) is 5.72. The molecule has 1 amide bonds. The van der Waals surface area contributed by atoms with Crippen LogP contribution in [0.5, 0.6) is 5.75 Å². The van der Waals surface area contributed by atoms with Gasteiger partial charge < -0.3 is 9.64 Å². The van der Waals surface area contributed by atoms with Gasteiger partial charge in [-0.3, -0.25) is 4.79 Å². The molecule has 0 atom stereocenters. The number of benzene rings is 2. The summed E-state index contributed by atoms with van der Waals surface area (Å²) in [6.45, 7) is 7.06.